The van der Waals surface area contributed by atoms with Crippen molar-refractivity contribution in [1.29, 1.82) is 5.26 Å². The number of pyridine rings is 1. The van der Waals surface area contributed by atoms with Crippen molar-refractivity contribution in [2.24, 2.45) is 0 Å². The van der Waals surface area contributed by atoms with Gasteiger partial charge in [0.1, 0.15) is 0 Å². The van der Waals surface area contributed by atoms with Crippen LogP contribution >= 0.6 is 0 Å². The third-order valence-electron chi connectivity index (χ3n) is 4.35. The molecule has 3 rings (SSSR count). The maximum atomic E-state index is 9.57. The summed E-state index contributed by atoms with van der Waals surface area (Å²) in [6, 6.07) is 19.2. The Bertz CT molecular complexity index is 625. The van der Waals surface area contributed by atoms with E-state index in [1.807, 2.05) is 42.6 Å². The number of benzene rings is 1. The molecule has 1 aromatic carbocycles. The highest BCUT2D eigenvalue weighted by atomic mass is 15.0. The van der Waals surface area contributed by atoms with Gasteiger partial charge in [-0.3, -0.25) is 4.98 Å². The molecule has 1 aliphatic rings. The van der Waals surface area contributed by atoms with Gasteiger partial charge < -0.3 is 5.32 Å². The highest BCUT2D eigenvalue weighted by Gasteiger charge is 2.46. The Balaban J connectivity index is 1.64. The van der Waals surface area contributed by atoms with Crippen LogP contribution in [-0.4, -0.2) is 11.0 Å². The fourth-order valence-corrected chi connectivity index (χ4v) is 3.12. The van der Waals surface area contributed by atoms with Crippen molar-refractivity contribution in [2.45, 2.75) is 37.3 Å². The van der Waals surface area contributed by atoms with Gasteiger partial charge in [0.25, 0.3) is 0 Å². The molecule has 1 aliphatic carbocycles. The van der Waals surface area contributed by atoms with Crippen LogP contribution in [0.3, 0.4) is 0 Å². The number of nitriles is 1. The Morgan fingerprint density at radius 2 is 1.90 bits per heavy atom. The van der Waals surface area contributed by atoms with E-state index in [1.165, 1.54) is 0 Å². The predicted molar refractivity (Wildman–Crippen MR) is 82.5 cm³/mol. The zero-order valence-electron chi connectivity index (χ0n) is 12.2. The van der Waals surface area contributed by atoms with Crippen LogP contribution in [0, 0.1) is 11.3 Å². The molecule has 1 saturated carbocycles. The summed E-state index contributed by atoms with van der Waals surface area (Å²) in [5.74, 6) is 0. The van der Waals surface area contributed by atoms with Crippen LogP contribution in [0.1, 0.15) is 37.1 Å². The van der Waals surface area contributed by atoms with Crippen molar-refractivity contribution >= 4 is 0 Å². The van der Waals surface area contributed by atoms with Crippen LogP contribution in [0.25, 0.3) is 0 Å². The van der Waals surface area contributed by atoms with Gasteiger partial charge in [0.2, 0.25) is 0 Å². The van der Waals surface area contributed by atoms with Crippen LogP contribution in [0.2, 0.25) is 0 Å². The van der Waals surface area contributed by atoms with E-state index in [9.17, 15) is 5.26 Å². The maximum absolute atomic E-state index is 9.57. The lowest BCUT2D eigenvalue weighted by molar-refractivity contribution is 0.212. The molecule has 21 heavy (non-hydrogen) atoms. The maximum Gasteiger partial charge on any atom is 0.0852 e. The van der Waals surface area contributed by atoms with E-state index in [2.05, 4.69) is 35.4 Å². The van der Waals surface area contributed by atoms with Crippen LogP contribution in [-0.2, 0) is 5.41 Å². The fraction of sp³-hybridized carbons (Fsp3) is 0.333. The molecule has 1 atom stereocenters. The fourth-order valence-electron chi connectivity index (χ4n) is 3.12. The van der Waals surface area contributed by atoms with Crippen molar-refractivity contribution < 1.29 is 0 Å². The molecule has 1 heterocycles. The van der Waals surface area contributed by atoms with E-state index in [1.54, 1.807) is 0 Å². The molecule has 1 fully saturated rings. The summed E-state index contributed by atoms with van der Waals surface area (Å²) >= 11 is 0. The quantitative estimate of drug-likeness (QED) is 0.932. The first-order valence-corrected chi connectivity index (χ1v) is 7.37. The third kappa shape index (κ3) is 2.68. The molecule has 0 saturated heterocycles. The standard InChI is InChI=1S/C18H19N3/c1-14(17-9-5-6-10-20-17)21-16-11-18(12-16,13-19)15-7-3-2-4-8-15/h2-10,14,16,21H,11-12H2,1H3. The van der Waals surface area contributed by atoms with Gasteiger partial charge in [0, 0.05) is 18.3 Å². The van der Waals surface area contributed by atoms with Gasteiger partial charge in [-0.25, -0.2) is 0 Å². The molecule has 0 spiro atoms. The van der Waals surface area contributed by atoms with E-state index >= 15 is 0 Å². The van der Waals surface area contributed by atoms with Crippen LogP contribution in [0.4, 0.5) is 0 Å². The summed E-state index contributed by atoms with van der Waals surface area (Å²) in [4.78, 5) is 4.38. The lowest BCUT2D eigenvalue weighted by atomic mass is 9.62. The van der Waals surface area contributed by atoms with E-state index in [4.69, 9.17) is 0 Å². The molecule has 3 nitrogen and oxygen atoms in total. The largest absolute Gasteiger partial charge is 0.306 e. The van der Waals surface area contributed by atoms with E-state index in [-0.39, 0.29) is 11.5 Å². The molecule has 106 valence electrons. The van der Waals surface area contributed by atoms with E-state index in [0.29, 0.717) is 6.04 Å². The minimum Gasteiger partial charge on any atom is -0.306 e. The van der Waals surface area contributed by atoms with E-state index in [0.717, 1.165) is 24.1 Å². The van der Waals surface area contributed by atoms with Crippen LogP contribution in [0.5, 0.6) is 0 Å². The molecule has 1 unspecified atom stereocenters. The monoisotopic (exact) mass is 277 g/mol. The van der Waals surface area contributed by atoms with Gasteiger partial charge in [-0.1, -0.05) is 36.4 Å². The number of rotatable bonds is 4. The minimum absolute atomic E-state index is 0.212. The molecule has 1 N–H and O–H groups in total. The van der Waals surface area contributed by atoms with Gasteiger partial charge in [-0.2, -0.15) is 5.26 Å². The van der Waals surface area contributed by atoms with Gasteiger partial charge in [-0.15, -0.1) is 0 Å². The van der Waals surface area contributed by atoms with Gasteiger partial charge >= 0.3 is 0 Å². The van der Waals surface area contributed by atoms with Crippen LogP contribution < -0.4 is 5.32 Å². The summed E-state index contributed by atoms with van der Waals surface area (Å²) in [7, 11) is 0. The van der Waals surface area contributed by atoms with Gasteiger partial charge in [0.15, 0.2) is 0 Å². The minimum atomic E-state index is -0.317. The Kier molecular flexibility index (Phi) is 3.72. The molecule has 0 aliphatic heterocycles. The zero-order chi connectivity index (χ0) is 14.7. The van der Waals surface area contributed by atoms with Crippen LogP contribution in [0.15, 0.2) is 54.7 Å². The van der Waals surface area contributed by atoms with Gasteiger partial charge in [-0.05, 0) is 37.5 Å². The molecule has 0 bridgehead atoms. The summed E-state index contributed by atoms with van der Waals surface area (Å²) in [6.07, 6.45) is 3.55. The summed E-state index contributed by atoms with van der Waals surface area (Å²) in [6.45, 7) is 2.12. The molecule has 0 radical (unpaired) electrons. The van der Waals surface area contributed by atoms with Crippen molar-refractivity contribution in [3.05, 3.63) is 66.0 Å². The van der Waals surface area contributed by atoms with Crippen molar-refractivity contribution in [3.8, 4) is 6.07 Å². The number of aromatic nitrogens is 1. The normalized spacial score (nSPS) is 25.6. The average molecular weight is 277 g/mol. The molecule has 2 aromatic rings. The van der Waals surface area contributed by atoms with E-state index < -0.39 is 0 Å². The lowest BCUT2D eigenvalue weighted by Gasteiger charge is -2.44. The highest BCUT2D eigenvalue weighted by Crippen LogP contribution is 2.43. The number of hydrogen-bond acceptors (Lipinski definition) is 3. The zero-order valence-corrected chi connectivity index (χ0v) is 12.2. The van der Waals surface area contributed by atoms with Crippen molar-refractivity contribution in [3.63, 3.8) is 0 Å². The molecular weight excluding hydrogens is 258 g/mol. The molecule has 3 heteroatoms. The first-order chi connectivity index (χ1) is 10.2. The second-order valence-corrected chi connectivity index (χ2v) is 5.81. The second kappa shape index (κ2) is 5.67. The summed E-state index contributed by atoms with van der Waals surface area (Å²) < 4.78 is 0. The Morgan fingerprint density at radius 3 is 2.52 bits per heavy atom. The first-order valence-electron chi connectivity index (χ1n) is 7.37. The summed E-state index contributed by atoms with van der Waals surface area (Å²) in [5, 5.41) is 13.1. The summed E-state index contributed by atoms with van der Waals surface area (Å²) in [5.41, 5.74) is 1.87. The molecule has 1 aromatic heterocycles. The second-order valence-electron chi connectivity index (χ2n) is 5.81. The SMILES string of the molecule is CC(NC1CC(C#N)(c2ccccc2)C1)c1ccccn1. The third-order valence-corrected chi connectivity index (χ3v) is 4.35. The smallest absolute Gasteiger partial charge is 0.0852 e. The first kappa shape index (κ1) is 13.8. The number of nitrogens with one attached hydrogen (secondary N) is 1. The molecular formula is C18H19N3. The van der Waals surface area contributed by atoms with Crippen molar-refractivity contribution in [1.82, 2.24) is 10.3 Å². The highest BCUT2D eigenvalue weighted by molar-refractivity contribution is 5.37. The lowest BCUT2D eigenvalue weighted by Crippen LogP contribution is -2.51. The van der Waals surface area contributed by atoms with Crippen molar-refractivity contribution in [2.75, 3.05) is 0 Å². The topological polar surface area (TPSA) is 48.7 Å². The number of nitrogens with zero attached hydrogens (tertiary/aromatic N) is 2. The Hall–Kier alpha value is -2.18. The molecule has 0 amide bonds. The van der Waals surface area contributed by atoms with Gasteiger partial charge in [0.05, 0.1) is 17.2 Å². The predicted octanol–water partition coefficient (Wildman–Crippen LogP) is 3.36. The number of hydrogen-bond donors (Lipinski definition) is 1. The Morgan fingerprint density at radius 1 is 1.19 bits per heavy atom. The Labute approximate surface area is 125 Å². The average Bonchev–Trinajstić information content (AvgIpc) is 2.52.